The molecule has 1 aliphatic heterocycles. The Hall–Kier alpha value is -2.86. The molecule has 5 nitrogen and oxygen atoms in total. The monoisotopic (exact) mass is 353 g/mol. The van der Waals surface area contributed by atoms with Gasteiger partial charge in [0.15, 0.2) is 5.88 Å². The quantitative estimate of drug-likeness (QED) is 0.611. The minimum Gasteiger partial charge on any atom is -0.494 e. The molecule has 134 valence electrons. The predicted molar refractivity (Wildman–Crippen MR) is 101 cm³/mol. The summed E-state index contributed by atoms with van der Waals surface area (Å²) in [4.78, 5) is 7.13. The minimum absolute atomic E-state index is 0.0911. The van der Waals surface area contributed by atoms with Crippen LogP contribution in [0.4, 0.5) is 15.8 Å². The second-order valence-corrected chi connectivity index (χ2v) is 6.39. The average Bonchev–Trinajstić information content (AvgIpc) is 2.98. The summed E-state index contributed by atoms with van der Waals surface area (Å²) >= 11 is 0. The molecule has 1 aliphatic rings. The van der Waals surface area contributed by atoms with Gasteiger partial charge in [-0.1, -0.05) is 6.07 Å². The summed E-state index contributed by atoms with van der Waals surface area (Å²) in [5.41, 5.74) is 2.66. The Morgan fingerprint density at radius 3 is 2.69 bits per heavy atom. The fraction of sp³-hybridized carbons (Fsp3) is 0.250. The maximum atomic E-state index is 14.1. The van der Waals surface area contributed by atoms with Crippen LogP contribution in [-0.2, 0) is 4.74 Å². The lowest BCUT2D eigenvalue weighted by atomic mass is 10.1. The first-order valence-electron chi connectivity index (χ1n) is 8.68. The fourth-order valence-corrected chi connectivity index (χ4v) is 3.20. The maximum Gasteiger partial charge on any atom is 0.198 e. The summed E-state index contributed by atoms with van der Waals surface area (Å²) < 4.78 is 19.4. The molecule has 1 aromatic heterocycles. The number of nitrogens with one attached hydrogen (secondary N) is 2. The molecule has 2 heterocycles. The minimum atomic E-state index is -0.392. The Morgan fingerprint density at radius 1 is 1.15 bits per heavy atom. The van der Waals surface area contributed by atoms with Crippen molar-refractivity contribution in [3.05, 3.63) is 53.8 Å². The van der Waals surface area contributed by atoms with Crippen molar-refractivity contribution in [3.8, 4) is 5.88 Å². The number of hydrogen-bond acceptors (Lipinski definition) is 4. The fourth-order valence-electron chi connectivity index (χ4n) is 3.20. The number of anilines is 1. The molecule has 1 saturated heterocycles. The number of nitrogens with zero attached hydrogens (tertiary/aromatic N) is 1. The lowest BCUT2D eigenvalue weighted by Gasteiger charge is -2.24. The molecular weight excluding hydrogens is 333 g/mol. The van der Waals surface area contributed by atoms with Crippen molar-refractivity contribution in [1.29, 1.82) is 0 Å². The SMILES string of the molecule is Oc1[nH]c2cccc(F)c2c1C=Nc1ccc(NC2CCOCC2)cc1. The van der Waals surface area contributed by atoms with Gasteiger partial charge in [0, 0.05) is 36.5 Å². The molecule has 26 heavy (non-hydrogen) atoms. The van der Waals surface area contributed by atoms with Gasteiger partial charge in [0.05, 0.1) is 16.8 Å². The Morgan fingerprint density at radius 2 is 1.92 bits per heavy atom. The standard InChI is InChI=1S/C20H20FN3O2/c21-17-2-1-3-18-19(17)16(20(25)24-18)12-22-13-4-6-14(7-5-13)23-15-8-10-26-11-9-15/h1-7,12,15,23-25H,8-11H2. The maximum absolute atomic E-state index is 14.1. The third-order valence-corrected chi connectivity index (χ3v) is 4.59. The molecule has 4 rings (SSSR count). The van der Waals surface area contributed by atoms with Crippen LogP contribution in [0.2, 0.25) is 0 Å². The van der Waals surface area contributed by atoms with Gasteiger partial charge in [-0.15, -0.1) is 0 Å². The Labute approximate surface area is 150 Å². The summed E-state index contributed by atoms with van der Waals surface area (Å²) in [5, 5.41) is 13.9. The zero-order valence-electron chi connectivity index (χ0n) is 14.2. The van der Waals surface area contributed by atoms with Crippen LogP contribution in [0.5, 0.6) is 5.88 Å². The van der Waals surface area contributed by atoms with Crippen molar-refractivity contribution in [1.82, 2.24) is 4.98 Å². The summed E-state index contributed by atoms with van der Waals surface area (Å²) in [6.45, 7) is 1.59. The molecule has 0 radical (unpaired) electrons. The summed E-state index contributed by atoms with van der Waals surface area (Å²) in [6, 6.07) is 12.8. The van der Waals surface area contributed by atoms with Crippen LogP contribution in [0.25, 0.3) is 10.9 Å². The van der Waals surface area contributed by atoms with E-state index in [0.29, 0.717) is 22.5 Å². The van der Waals surface area contributed by atoms with Crippen molar-refractivity contribution >= 4 is 28.5 Å². The van der Waals surface area contributed by atoms with E-state index in [1.165, 1.54) is 12.3 Å². The number of aromatic hydroxyl groups is 1. The van der Waals surface area contributed by atoms with Crippen LogP contribution in [0, 0.1) is 5.82 Å². The molecule has 0 aliphatic carbocycles. The highest BCUT2D eigenvalue weighted by molar-refractivity contribution is 6.02. The van der Waals surface area contributed by atoms with E-state index < -0.39 is 5.82 Å². The van der Waals surface area contributed by atoms with Crippen LogP contribution in [-0.4, -0.2) is 35.6 Å². The van der Waals surface area contributed by atoms with Gasteiger partial charge in [0.25, 0.3) is 0 Å². The third-order valence-electron chi connectivity index (χ3n) is 4.59. The number of H-pyrrole nitrogens is 1. The van der Waals surface area contributed by atoms with Crippen LogP contribution in [0.15, 0.2) is 47.5 Å². The van der Waals surface area contributed by atoms with E-state index in [1.54, 1.807) is 12.1 Å². The van der Waals surface area contributed by atoms with Gasteiger partial charge in [-0.25, -0.2) is 4.39 Å². The van der Waals surface area contributed by atoms with E-state index >= 15 is 0 Å². The first-order valence-corrected chi connectivity index (χ1v) is 8.68. The van der Waals surface area contributed by atoms with Gasteiger partial charge in [-0.05, 0) is 49.2 Å². The molecule has 0 spiro atoms. The number of hydrogen-bond donors (Lipinski definition) is 3. The molecular formula is C20H20FN3O2. The van der Waals surface area contributed by atoms with Crippen LogP contribution in [0.1, 0.15) is 18.4 Å². The van der Waals surface area contributed by atoms with E-state index in [4.69, 9.17) is 4.74 Å². The lowest BCUT2D eigenvalue weighted by molar-refractivity contribution is 0.0904. The first-order chi connectivity index (χ1) is 12.7. The highest BCUT2D eigenvalue weighted by Gasteiger charge is 2.14. The van der Waals surface area contributed by atoms with E-state index in [1.807, 2.05) is 24.3 Å². The van der Waals surface area contributed by atoms with Gasteiger partial charge in [-0.3, -0.25) is 4.99 Å². The summed E-state index contributed by atoms with van der Waals surface area (Å²) in [7, 11) is 0. The molecule has 0 atom stereocenters. The number of fused-ring (bicyclic) bond motifs is 1. The molecule has 3 aromatic rings. The molecule has 0 unspecified atom stereocenters. The number of aromatic nitrogens is 1. The normalized spacial score (nSPS) is 15.7. The highest BCUT2D eigenvalue weighted by Crippen LogP contribution is 2.28. The van der Waals surface area contributed by atoms with Crippen LogP contribution >= 0.6 is 0 Å². The molecule has 2 aromatic carbocycles. The Bertz CT molecular complexity index is 928. The van der Waals surface area contributed by atoms with Crippen LogP contribution in [0.3, 0.4) is 0 Å². The lowest BCUT2D eigenvalue weighted by Crippen LogP contribution is -2.27. The predicted octanol–water partition coefficient (Wildman–Crippen LogP) is 4.35. The van der Waals surface area contributed by atoms with Gasteiger partial charge in [0.1, 0.15) is 5.82 Å². The largest absolute Gasteiger partial charge is 0.494 e. The first kappa shape index (κ1) is 16.6. The van der Waals surface area contributed by atoms with Crippen LogP contribution < -0.4 is 5.32 Å². The molecule has 3 N–H and O–H groups in total. The molecule has 0 saturated carbocycles. The zero-order chi connectivity index (χ0) is 17.9. The van der Waals surface area contributed by atoms with Crippen molar-refractivity contribution in [2.45, 2.75) is 18.9 Å². The molecule has 0 amide bonds. The Kier molecular flexibility index (Phi) is 4.58. The zero-order valence-corrected chi connectivity index (χ0v) is 14.2. The van der Waals surface area contributed by atoms with E-state index in [2.05, 4.69) is 15.3 Å². The Balaban J connectivity index is 1.51. The number of ether oxygens (including phenoxy) is 1. The number of rotatable bonds is 4. The van der Waals surface area contributed by atoms with Crippen molar-refractivity contribution < 1.29 is 14.2 Å². The van der Waals surface area contributed by atoms with Gasteiger partial charge in [0.2, 0.25) is 0 Å². The van der Waals surface area contributed by atoms with Gasteiger partial charge >= 0.3 is 0 Å². The highest BCUT2D eigenvalue weighted by atomic mass is 19.1. The summed E-state index contributed by atoms with van der Waals surface area (Å²) in [6.07, 6.45) is 3.49. The van der Waals surface area contributed by atoms with Crippen molar-refractivity contribution in [3.63, 3.8) is 0 Å². The van der Waals surface area contributed by atoms with Crippen molar-refractivity contribution in [2.24, 2.45) is 4.99 Å². The third kappa shape index (κ3) is 3.41. The van der Waals surface area contributed by atoms with E-state index in [9.17, 15) is 9.50 Å². The number of benzene rings is 2. The number of aliphatic imine (C=N–C) groups is 1. The smallest absolute Gasteiger partial charge is 0.198 e. The molecule has 6 heteroatoms. The van der Waals surface area contributed by atoms with E-state index in [-0.39, 0.29) is 5.88 Å². The average molecular weight is 353 g/mol. The van der Waals surface area contributed by atoms with Crippen molar-refractivity contribution in [2.75, 3.05) is 18.5 Å². The van der Waals surface area contributed by atoms with Gasteiger partial charge < -0.3 is 20.1 Å². The number of halogens is 1. The molecule has 1 fully saturated rings. The topological polar surface area (TPSA) is 69.6 Å². The second kappa shape index (κ2) is 7.17. The summed E-state index contributed by atoms with van der Waals surface area (Å²) in [5.74, 6) is -0.483. The van der Waals surface area contributed by atoms with Gasteiger partial charge in [-0.2, -0.15) is 0 Å². The van der Waals surface area contributed by atoms with E-state index in [0.717, 1.165) is 37.4 Å². The molecule has 0 bridgehead atoms. The second-order valence-electron chi connectivity index (χ2n) is 6.39. The number of aromatic amines is 1.